The monoisotopic (exact) mass is 303 g/mol. The lowest BCUT2D eigenvalue weighted by atomic mass is 10.1. The molecule has 1 aliphatic rings. The van der Waals surface area contributed by atoms with Crippen molar-refractivity contribution in [3.8, 4) is 11.6 Å². The topological polar surface area (TPSA) is 80.7 Å². The van der Waals surface area contributed by atoms with Gasteiger partial charge in [0, 0.05) is 10.7 Å². The zero-order chi connectivity index (χ0) is 14.8. The number of oxime groups is 1. The number of benzene rings is 1. The second-order valence-corrected chi connectivity index (χ2v) is 5.28. The van der Waals surface area contributed by atoms with Gasteiger partial charge in [-0.3, -0.25) is 0 Å². The van der Waals surface area contributed by atoms with Crippen LogP contribution in [0.1, 0.15) is 23.2 Å². The molecule has 5 nitrogen and oxygen atoms in total. The predicted molar refractivity (Wildman–Crippen MR) is 80.3 cm³/mol. The first kappa shape index (κ1) is 13.7. The molecule has 21 heavy (non-hydrogen) atoms. The molecule has 1 aromatic carbocycles. The predicted octanol–water partition coefficient (Wildman–Crippen LogP) is 3.11. The van der Waals surface area contributed by atoms with Crippen LogP contribution in [0, 0.1) is 0 Å². The smallest absolute Gasteiger partial charge is 0.230 e. The number of rotatable bonds is 3. The Kier molecular flexibility index (Phi) is 3.66. The second-order valence-electron chi connectivity index (χ2n) is 4.85. The molecular weight excluding hydrogens is 290 g/mol. The van der Waals surface area contributed by atoms with Gasteiger partial charge in [-0.05, 0) is 49.1 Å². The zero-order valence-electron chi connectivity index (χ0n) is 11.2. The Morgan fingerprint density at radius 3 is 2.95 bits per heavy atom. The van der Waals surface area contributed by atoms with Crippen molar-refractivity contribution in [2.24, 2.45) is 10.9 Å². The highest BCUT2D eigenvalue weighted by Crippen LogP contribution is 2.30. The molecular formula is C15H14ClN3O2. The number of amidine groups is 1. The van der Waals surface area contributed by atoms with Crippen LogP contribution < -0.4 is 10.5 Å². The van der Waals surface area contributed by atoms with Crippen molar-refractivity contribution in [1.82, 2.24) is 4.98 Å². The summed E-state index contributed by atoms with van der Waals surface area (Å²) in [5.41, 5.74) is 8.33. The maximum absolute atomic E-state index is 8.93. The fraction of sp³-hybridized carbons (Fsp3) is 0.200. The molecule has 0 spiro atoms. The van der Waals surface area contributed by atoms with Crippen LogP contribution in [0.25, 0.3) is 0 Å². The molecule has 2 aromatic rings. The first-order valence-electron chi connectivity index (χ1n) is 6.61. The summed E-state index contributed by atoms with van der Waals surface area (Å²) in [6, 6.07) is 8.89. The van der Waals surface area contributed by atoms with E-state index in [0.29, 0.717) is 22.2 Å². The normalized spacial score (nSPS) is 14.0. The van der Waals surface area contributed by atoms with Gasteiger partial charge in [-0.1, -0.05) is 22.8 Å². The molecule has 0 unspecified atom stereocenters. The molecule has 3 rings (SSSR count). The fourth-order valence-corrected chi connectivity index (χ4v) is 2.59. The van der Waals surface area contributed by atoms with Crippen molar-refractivity contribution >= 4 is 17.4 Å². The number of hydrogen-bond acceptors (Lipinski definition) is 4. The van der Waals surface area contributed by atoms with Crippen molar-refractivity contribution < 1.29 is 9.94 Å². The number of halogens is 1. The van der Waals surface area contributed by atoms with Gasteiger partial charge in [-0.25, -0.2) is 4.98 Å². The standard InChI is InChI=1S/C15H14ClN3O2/c16-10-4-2-5-11(8-10)21-15-12(14(17)19-20)7-9-3-1-6-13(9)18-15/h2,4-5,7-8,20H,1,3,6H2,(H2,17,19). The van der Waals surface area contributed by atoms with E-state index in [1.165, 1.54) is 0 Å². The molecule has 0 bridgehead atoms. The number of aryl methyl sites for hydroxylation is 2. The van der Waals surface area contributed by atoms with E-state index < -0.39 is 0 Å². The minimum atomic E-state index is -0.0192. The highest BCUT2D eigenvalue weighted by atomic mass is 35.5. The summed E-state index contributed by atoms with van der Waals surface area (Å²) in [4.78, 5) is 4.51. The SMILES string of the molecule is NC(=NO)c1cc2c(nc1Oc1cccc(Cl)c1)CCC2. The van der Waals surface area contributed by atoms with Gasteiger partial charge in [0.25, 0.3) is 0 Å². The van der Waals surface area contributed by atoms with Crippen molar-refractivity contribution in [2.75, 3.05) is 0 Å². The van der Waals surface area contributed by atoms with Crippen LogP contribution in [-0.2, 0) is 12.8 Å². The van der Waals surface area contributed by atoms with Gasteiger partial charge in [0.05, 0.1) is 5.56 Å². The summed E-state index contributed by atoms with van der Waals surface area (Å²) in [7, 11) is 0. The molecule has 0 aliphatic heterocycles. The van der Waals surface area contributed by atoms with Gasteiger partial charge < -0.3 is 15.7 Å². The largest absolute Gasteiger partial charge is 0.438 e. The first-order chi connectivity index (χ1) is 10.2. The molecule has 0 atom stereocenters. The maximum Gasteiger partial charge on any atom is 0.230 e. The van der Waals surface area contributed by atoms with E-state index in [1.54, 1.807) is 24.3 Å². The van der Waals surface area contributed by atoms with Crippen LogP contribution >= 0.6 is 11.6 Å². The Balaban J connectivity index is 2.04. The summed E-state index contributed by atoms with van der Waals surface area (Å²) >= 11 is 5.95. The fourth-order valence-electron chi connectivity index (χ4n) is 2.41. The average Bonchev–Trinajstić information content (AvgIpc) is 2.93. The van der Waals surface area contributed by atoms with Crippen LogP contribution in [0.3, 0.4) is 0 Å². The first-order valence-corrected chi connectivity index (χ1v) is 6.99. The molecule has 0 amide bonds. The number of hydrogen-bond donors (Lipinski definition) is 2. The van der Waals surface area contributed by atoms with E-state index in [2.05, 4.69) is 10.1 Å². The quantitative estimate of drug-likeness (QED) is 0.395. The highest BCUT2D eigenvalue weighted by molar-refractivity contribution is 6.30. The van der Waals surface area contributed by atoms with E-state index >= 15 is 0 Å². The van der Waals surface area contributed by atoms with E-state index in [4.69, 9.17) is 27.3 Å². The Morgan fingerprint density at radius 1 is 1.33 bits per heavy atom. The molecule has 3 N–H and O–H groups in total. The van der Waals surface area contributed by atoms with Crippen LogP contribution in [0.4, 0.5) is 0 Å². The van der Waals surface area contributed by atoms with Gasteiger partial charge >= 0.3 is 0 Å². The van der Waals surface area contributed by atoms with Gasteiger partial charge in [-0.15, -0.1) is 0 Å². The van der Waals surface area contributed by atoms with Crippen molar-refractivity contribution in [1.29, 1.82) is 0 Å². The lowest BCUT2D eigenvalue weighted by Crippen LogP contribution is -2.16. The number of fused-ring (bicyclic) bond motifs is 1. The minimum absolute atomic E-state index is 0.0192. The molecule has 1 heterocycles. The van der Waals surface area contributed by atoms with Crippen LogP contribution in [0.5, 0.6) is 11.6 Å². The molecule has 1 aromatic heterocycles. The van der Waals surface area contributed by atoms with E-state index in [-0.39, 0.29) is 5.84 Å². The number of pyridine rings is 1. The lowest BCUT2D eigenvalue weighted by Gasteiger charge is -2.11. The molecule has 108 valence electrons. The maximum atomic E-state index is 8.93. The van der Waals surface area contributed by atoms with Gasteiger partial charge in [-0.2, -0.15) is 0 Å². The Labute approximate surface area is 127 Å². The molecule has 6 heteroatoms. The number of nitrogens with zero attached hydrogens (tertiary/aromatic N) is 2. The minimum Gasteiger partial charge on any atom is -0.438 e. The Hall–Kier alpha value is -2.27. The van der Waals surface area contributed by atoms with Gasteiger partial charge in [0.1, 0.15) is 5.75 Å². The van der Waals surface area contributed by atoms with E-state index in [9.17, 15) is 0 Å². The van der Waals surface area contributed by atoms with Crippen molar-refractivity contribution in [3.63, 3.8) is 0 Å². The lowest BCUT2D eigenvalue weighted by molar-refractivity contribution is 0.318. The third-order valence-electron chi connectivity index (χ3n) is 3.41. The van der Waals surface area contributed by atoms with Crippen molar-refractivity contribution in [3.05, 3.63) is 52.2 Å². The zero-order valence-corrected chi connectivity index (χ0v) is 12.0. The Bertz CT molecular complexity index is 716. The molecule has 0 saturated heterocycles. The summed E-state index contributed by atoms with van der Waals surface area (Å²) in [5.74, 6) is 0.863. The summed E-state index contributed by atoms with van der Waals surface area (Å²) in [6.45, 7) is 0. The van der Waals surface area contributed by atoms with E-state index in [1.807, 2.05) is 6.07 Å². The van der Waals surface area contributed by atoms with Gasteiger partial charge in [0.2, 0.25) is 5.88 Å². The molecule has 0 saturated carbocycles. The third kappa shape index (κ3) is 2.78. The molecule has 0 radical (unpaired) electrons. The highest BCUT2D eigenvalue weighted by Gasteiger charge is 2.20. The van der Waals surface area contributed by atoms with Crippen LogP contribution in [-0.4, -0.2) is 16.0 Å². The summed E-state index contributed by atoms with van der Waals surface area (Å²) in [6.07, 6.45) is 2.92. The number of ether oxygens (including phenoxy) is 1. The van der Waals surface area contributed by atoms with Crippen molar-refractivity contribution in [2.45, 2.75) is 19.3 Å². The number of aromatic nitrogens is 1. The van der Waals surface area contributed by atoms with Crippen LogP contribution in [0.15, 0.2) is 35.5 Å². The third-order valence-corrected chi connectivity index (χ3v) is 3.65. The van der Waals surface area contributed by atoms with Gasteiger partial charge in [0.15, 0.2) is 5.84 Å². The van der Waals surface area contributed by atoms with E-state index in [0.717, 1.165) is 30.5 Å². The van der Waals surface area contributed by atoms with Crippen LogP contribution in [0.2, 0.25) is 5.02 Å². The summed E-state index contributed by atoms with van der Waals surface area (Å²) in [5, 5.41) is 12.6. The Morgan fingerprint density at radius 2 is 2.19 bits per heavy atom. The second kappa shape index (κ2) is 5.61. The average molecular weight is 304 g/mol. The molecule has 1 aliphatic carbocycles. The molecule has 0 fully saturated rings. The summed E-state index contributed by atoms with van der Waals surface area (Å²) < 4.78 is 5.77. The number of nitrogens with two attached hydrogens (primary N) is 1.